The van der Waals surface area contributed by atoms with Crippen molar-refractivity contribution in [2.75, 3.05) is 52.9 Å². The lowest BCUT2D eigenvalue weighted by atomic mass is 9.89. The molecule has 180 valence electrons. The van der Waals surface area contributed by atoms with Crippen LogP contribution in [0.4, 0.5) is 4.39 Å². The van der Waals surface area contributed by atoms with Crippen LogP contribution in [0.25, 0.3) is 6.08 Å². The van der Waals surface area contributed by atoms with Gasteiger partial charge in [0.05, 0.1) is 6.04 Å². The number of likely N-dealkylation sites (N-methyl/N-ethyl adjacent to an activating group) is 1. The van der Waals surface area contributed by atoms with E-state index in [1.807, 2.05) is 0 Å². The number of amides is 2. The maximum absolute atomic E-state index is 13.6. The van der Waals surface area contributed by atoms with Gasteiger partial charge in [-0.3, -0.25) is 9.59 Å². The van der Waals surface area contributed by atoms with Gasteiger partial charge < -0.3 is 24.8 Å². The summed E-state index contributed by atoms with van der Waals surface area (Å²) in [6, 6.07) is 5.98. The molecule has 4 rings (SSSR count). The summed E-state index contributed by atoms with van der Waals surface area (Å²) in [5.41, 5.74) is 0.570. The van der Waals surface area contributed by atoms with E-state index < -0.39 is 0 Å². The van der Waals surface area contributed by atoms with Gasteiger partial charge in [-0.1, -0.05) is 18.6 Å². The second-order valence-corrected chi connectivity index (χ2v) is 9.35. The first-order valence-corrected chi connectivity index (χ1v) is 12.1. The van der Waals surface area contributed by atoms with Crippen molar-refractivity contribution >= 4 is 17.9 Å². The summed E-state index contributed by atoms with van der Waals surface area (Å²) < 4.78 is 19.6. The molecule has 3 aliphatic rings. The fourth-order valence-corrected chi connectivity index (χ4v) is 4.92. The van der Waals surface area contributed by atoms with Gasteiger partial charge in [0.1, 0.15) is 18.5 Å². The normalized spacial score (nSPS) is 25.6. The number of rotatable bonds is 7. The SMILES string of the molecule is CN1CCN(CCCNC(=O)CN2C(=O)/C(=C\c3cccc(F)c3)OC3CCCCC32)CC1. The topological polar surface area (TPSA) is 65.1 Å². The summed E-state index contributed by atoms with van der Waals surface area (Å²) in [6.45, 7) is 5.89. The molecule has 2 unspecified atom stereocenters. The number of nitrogens with one attached hydrogen (secondary N) is 1. The molecule has 7 nitrogen and oxygen atoms in total. The van der Waals surface area contributed by atoms with Gasteiger partial charge in [-0.25, -0.2) is 4.39 Å². The molecule has 1 N–H and O–H groups in total. The van der Waals surface area contributed by atoms with Crippen molar-refractivity contribution in [1.82, 2.24) is 20.0 Å². The van der Waals surface area contributed by atoms with Gasteiger partial charge in [0, 0.05) is 32.7 Å². The molecule has 0 aromatic heterocycles. The van der Waals surface area contributed by atoms with Gasteiger partial charge >= 0.3 is 0 Å². The van der Waals surface area contributed by atoms with Crippen molar-refractivity contribution < 1.29 is 18.7 Å². The molecule has 3 fully saturated rings. The molecule has 2 amide bonds. The Morgan fingerprint density at radius 2 is 2.00 bits per heavy atom. The van der Waals surface area contributed by atoms with Crippen LogP contribution in [0.3, 0.4) is 0 Å². The van der Waals surface area contributed by atoms with Crippen molar-refractivity contribution in [3.05, 3.63) is 41.4 Å². The molecule has 1 aromatic carbocycles. The molecule has 2 saturated heterocycles. The van der Waals surface area contributed by atoms with E-state index in [4.69, 9.17) is 4.74 Å². The highest BCUT2D eigenvalue weighted by atomic mass is 19.1. The van der Waals surface area contributed by atoms with Crippen molar-refractivity contribution in [3.63, 3.8) is 0 Å². The zero-order valence-corrected chi connectivity index (χ0v) is 19.5. The molecular formula is C25H35FN4O3. The molecule has 0 bridgehead atoms. The Hall–Kier alpha value is -2.45. The van der Waals surface area contributed by atoms with E-state index in [1.165, 1.54) is 12.1 Å². The summed E-state index contributed by atoms with van der Waals surface area (Å²) in [5, 5.41) is 2.99. The number of carbonyl (C=O) groups is 2. The molecule has 8 heteroatoms. The summed E-state index contributed by atoms with van der Waals surface area (Å²) in [6.07, 6.45) is 6.09. The number of piperazine rings is 1. The van der Waals surface area contributed by atoms with E-state index in [1.54, 1.807) is 23.1 Å². The highest BCUT2D eigenvalue weighted by Crippen LogP contribution is 2.33. The molecule has 0 spiro atoms. The van der Waals surface area contributed by atoms with Crippen LogP contribution in [0, 0.1) is 5.82 Å². The summed E-state index contributed by atoms with van der Waals surface area (Å²) in [4.78, 5) is 32.3. The van der Waals surface area contributed by atoms with Gasteiger partial charge in [-0.15, -0.1) is 0 Å². The highest BCUT2D eigenvalue weighted by molar-refractivity contribution is 5.98. The maximum atomic E-state index is 13.6. The van der Waals surface area contributed by atoms with Gasteiger partial charge in [-0.2, -0.15) is 0 Å². The van der Waals surface area contributed by atoms with E-state index in [2.05, 4.69) is 22.2 Å². The average Bonchev–Trinajstić information content (AvgIpc) is 2.81. The second-order valence-electron chi connectivity index (χ2n) is 9.35. The Balaban J connectivity index is 1.34. The third-order valence-corrected chi connectivity index (χ3v) is 6.85. The number of benzene rings is 1. The number of fused-ring (bicyclic) bond motifs is 1. The first kappa shape index (κ1) is 23.7. The van der Waals surface area contributed by atoms with E-state index in [9.17, 15) is 14.0 Å². The van der Waals surface area contributed by atoms with E-state index in [-0.39, 0.29) is 42.1 Å². The van der Waals surface area contributed by atoms with Crippen LogP contribution in [0.5, 0.6) is 0 Å². The minimum absolute atomic E-state index is 0.0262. The number of hydrogen-bond donors (Lipinski definition) is 1. The number of nitrogens with zero attached hydrogens (tertiary/aromatic N) is 3. The van der Waals surface area contributed by atoms with Crippen LogP contribution in [-0.2, 0) is 14.3 Å². The number of morpholine rings is 1. The quantitative estimate of drug-likeness (QED) is 0.501. The molecule has 1 aromatic rings. The third kappa shape index (κ3) is 6.32. The van der Waals surface area contributed by atoms with E-state index >= 15 is 0 Å². The minimum Gasteiger partial charge on any atom is -0.482 e. The zero-order valence-electron chi connectivity index (χ0n) is 19.5. The molecule has 1 saturated carbocycles. The first-order chi connectivity index (χ1) is 16.0. The van der Waals surface area contributed by atoms with Gasteiger partial charge in [-0.05, 0) is 63.0 Å². The Kier molecular flexibility index (Phi) is 7.98. The second kappa shape index (κ2) is 11.1. The Morgan fingerprint density at radius 3 is 2.79 bits per heavy atom. The predicted octanol–water partition coefficient (Wildman–Crippen LogP) is 2.09. The molecule has 2 heterocycles. The molecule has 2 aliphatic heterocycles. The smallest absolute Gasteiger partial charge is 0.289 e. The van der Waals surface area contributed by atoms with E-state index in [0.29, 0.717) is 12.1 Å². The summed E-state index contributed by atoms with van der Waals surface area (Å²) in [7, 11) is 2.14. The molecule has 2 atom stereocenters. The monoisotopic (exact) mass is 458 g/mol. The fourth-order valence-electron chi connectivity index (χ4n) is 4.92. The summed E-state index contributed by atoms with van der Waals surface area (Å²) >= 11 is 0. The van der Waals surface area contributed by atoms with Crippen molar-refractivity contribution in [1.29, 1.82) is 0 Å². The largest absolute Gasteiger partial charge is 0.482 e. The number of hydrogen-bond acceptors (Lipinski definition) is 5. The zero-order chi connectivity index (χ0) is 23.2. The Morgan fingerprint density at radius 1 is 1.21 bits per heavy atom. The lowest BCUT2D eigenvalue weighted by Gasteiger charge is -2.44. The molecule has 33 heavy (non-hydrogen) atoms. The van der Waals surface area contributed by atoms with E-state index in [0.717, 1.165) is 64.8 Å². The lowest BCUT2D eigenvalue weighted by molar-refractivity contribution is -0.151. The molecule has 0 radical (unpaired) electrons. The van der Waals surface area contributed by atoms with Gasteiger partial charge in [0.15, 0.2) is 5.76 Å². The Bertz CT molecular complexity index is 869. The minimum atomic E-state index is -0.365. The predicted molar refractivity (Wildman–Crippen MR) is 125 cm³/mol. The molecular weight excluding hydrogens is 423 g/mol. The van der Waals surface area contributed by atoms with Crippen molar-refractivity contribution in [2.45, 2.75) is 44.2 Å². The lowest BCUT2D eigenvalue weighted by Crippen LogP contribution is -2.57. The number of carbonyl (C=O) groups excluding carboxylic acids is 2. The van der Waals surface area contributed by atoms with Crippen LogP contribution >= 0.6 is 0 Å². The van der Waals surface area contributed by atoms with Crippen molar-refractivity contribution in [3.8, 4) is 0 Å². The number of halogens is 1. The highest BCUT2D eigenvalue weighted by Gasteiger charge is 2.42. The third-order valence-electron chi connectivity index (χ3n) is 6.85. The van der Waals surface area contributed by atoms with Gasteiger partial charge in [0.2, 0.25) is 5.91 Å². The van der Waals surface area contributed by atoms with Crippen LogP contribution in [0.2, 0.25) is 0 Å². The van der Waals surface area contributed by atoms with Gasteiger partial charge in [0.25, 0.3) is 5.91 Å². The fraction of sp³-hybridized carbons (Fsp3) is 0.600. The van der Waals surface area contributed by atoms with Crippen LogP contribution in [0.15, 0.2) is 30.0 Å². The first-order valence-electron chi connectivity index (χ1n) is 12.1. The number of ether oxygens (including phenoxy) is 1. The van der Waals surface area contributed by atoms with Crippen LogP contribution in [0.1, 0.15) is 37.7 Å². The van der Waals surface area contributed by atoms with Crippen LogP contribution < -0.4 is 5.32 Å². The molecule has 1 aliphatic carbocycles. The summed E-state index contributed by atoms with van der Waals surface area (Å²) in [5.74, 6) is -0.615. The standard InChI is InChI=1S/C25H35FN4O3/c1-28-12-14-29(15-13-28)11-5-10-27-24(31)18-30-21-8-2-3-9-22(21)33-23(25(30)32)17-19-6-4-7-20(26)16-19/h4,6-7,16-17,21-22H,2-3,5,8-15,18H2,1H3,(H,27,31)/b23-17+. The Labute approximate surface area is 195 Å². The van der Waals surface area contributed by atoms with Crippen molar-refractivity contribution in [2.24, 2.45) is 0 Å². The van der Waals surface area contributed by atoms with Crippen LogP contribution in [-0.4, -0.2) is 91.5 Å². The average molecular weight is 459 g/mol. The maximum Gasteiger partial charge on any atom is 0.289 e.